The molecule has 0 bridgehead atoms. The highest BCUT2D eigenvalue weighted by Gasteiger charge is 2.34. The van der Waals surface area contributed by atoms with Crippen LogP contribution in [0.3, 0.4) is 0 Å². The normalized spacial score (nSPS) is 13.3. The van der Waals surface area contributed by atoms with E-state index in [0.29, 0.717) is 25.3 Å². The van der Waals surface area contributed by atoms with Gasteiger partial charge in [0.05, 0.1) is 10.6 Å². The summed E-state index contributed by atoms with van der Waals surface area (Å²) in [4.78, 5) is 28.3. The Balaban J connectivity index is 1.74. The number of likely N-dealkylation sites (N-methyl/N-ethyl adjacent to an activating group) is 1. The molecule has 3 aromatic carbocycles. The van der Waals surface area contributed by atoms with Crippen LogP contribution < -0.4 is 19.1 Å². The van der Waals surface area contributed by atoms with Gasteiger partial charge >= 0.3 is 0 Å². The standard InChI is InChI=1S/C30H34FN3O6S/c1-4-26(30(36)32-5-2)33(19-22-8-6-7-21(3)17-22)29(35)20-34(24-11-9-23(31)10-12-24)41(37,38)25-13-14-27-28(18-25)40-16-15-39-27/h6-14,17-18,26H,4-5,15-16,19-20H2,1-3H3,(H,32,36)/t26-/m0/s1. The molecular formula is C30H34FN3O6S. The molecule has 0 aromatic heterocycles. The zero-order chi connectivity index (χ0) is 29.6. The Morgan fingerprint density at radius 2 is 1.68 bits per heavy atom. The third-order valence-electron chi connectivity index (χ3n) is 6.67. The van der Waals surface area contributed by atoms with Crippen LogP contribution in [0.2, 0.25) is 0 Å². The molecule has 41 heavy (non-hydrogen) atoms. The van der Waals surface area contributed by atoms with Gasteiger partial charge in [-0.1, -0.05) is 36.8 Å². The molecule has 3 aromatic rings. The van der Waals surface area contributed by atoms with Gasteiger partial charge in [0, 0.05) is 19.2 Å². The number of aryl methyl sites for hydroxylation is 1. The summed E-state index contributed by atoms with van der Waals surface area (Å²) in [6.07, 6.45) is 0.314. The summed E-state index contributed by atoms with van der Waals surface area (Å²) in [7, 11) is -4.34. The van der Waals surface area contributed by atoms with E-state index in [1.54, 1.807) is 13.8 Å². The molecule has 2 amide bonds. The number of nitrogens with one attached hydrogen (secondary N) is 1. The number of anilines is 1. The first-order valence-corrected chi connectivity index (χ1v) is 14.9. The quantitative estimate of drug-likeness (QED) is 0.365. The number of sulfonamides is 1. The fourth-order valence-electron chi connectivity index (χ4n) is 4.67. The molecule has 0 saturated carbocycles. The monoisotopic (exact) mass is 583 g/mol. The number of halogens is 1. The Labute approximate surface area is 239 Å². The molecule has 0 fully saturated rings. The smallest absolute Gasteiger partial charge is 0.264 e. The van der Waals surface area contributed by atoms with Crippen LogP contribution in [-0.4, -0.2) is 57.5 Å². The highest BCUT2D eigenvalue weighted by molar-refractivity contribution is 7.92. The first-order valence-electron chi connectivity index (χ1n) is 13.4. The largest absolute Gasteiger partial charge is 0.486 e. The lowest BCUT2D eigenvalue weighted by molar-refractivity contribution is -0.140. The molecule has 0 aliphatic carbocycles. The molecule has 1 N–H and O–H groups in total. The summed E-state index contributed by atoms with van der Waals surface area (Å²) < 4.78 is 53.9. The van der Waals surface area contributed by atoms with E-state index >= 15 is 0 Å². The molecule has 1 aliphatic heterocycles. The second-order valence-corrected chi connectivity index (χ2v) is 11.5. The fraction of sp³-hybridized carbons (Fsp3) is 0.333. The minimum absolute atomic E-state index is 0.0937. The molecule has 1 atom stereocenters. The van der Waals surface area contributed by atoms with Crippen molar-refractivity contribution < 1.29 is 31.9 Å². The number of rotatable bonds is 11. The van der Waals surface area contributed by atoms with Crippen molar-refractivity contribution in [2.45, 2.75) is 44.7 Å². The van der Waals surface area contributed by atoms with Gasteiger partial charge < -0.3 is 19.7 Å². The highest BCUT2D eigenvalue weighted by Crippen LogP contribution is 2.34. The molecule has 0 spiro atoms. The Bertz CT molecular complexity index is 1500. The third kappa shape index (κ3) is 6.97. The van der Waals surface area contributed by atoms with Crippen LogP contribution in [0.1, 0.15) is 31.4 Å². The van der Waals surface area contributed by atoms with Crippen LogP contribution in [0.15, 0.2) is 71.6 Å². The van der Waals surface area contributed by atoms with Crippen LogP contribution in [-0.2, 0) is 26.2 Å². The van der Waals surface area contributed by atoms with Gasteiger partial charge in [0.1, 0.15) is 31.6 Å². The number of nitrogens with zero attached hydrogens (tertiary/aromatic N) is 2. The van der Waals surface area contributed by atoms with Gasteiger partial charge in [0.2, 0.25) is 11.8 Å². The molecule has 0 saturated heterocycles. The van der Waals surface area contributed by atoms with Crippen molar-refractivity contribution in [1.29, 1.82) is 0 Å². The maximum absolute atomic E-state index is 14.0. The fourth-order valence-corrected chi connectivity index (χ4v) is 6.10. The van der Waals surface area contributed by atoms with Crippen LogP contribution in [0, 0.1) is 12.7 Å². The Hall–Kier alpha value is -4.12. The van der Waals surface area contributed by atoms with Gasteiger partial charge in [0.15, 0.2) is 11.5 Å². The van der Waals surface area contributed by atoms with Gasteiger partial charge in [-0.2, -0.15) is 0 Å². The van der Waals surface area contributed by atoms with Crippen LogP contribution in [0.25, 0.3) is 0 Å². The van der Waals surface area contributed by atoms with Gasteiger partial charge in [0.25, 0.3) is 10.0 Å². The Morgan fingerprint density at radius 3 is 2.34 bits per heavy atom. The number of carbonyl (C=O) groups excluding carboxylic acids is 2. The predicted octanol–water partition coefficient (Wildman–Crippen LogP) is 4.04. The molecule has 4 rings (SSSR count). The van der Waals surface area contributed by atoms with E-state index in [1.165, 1.54) is 35.2 Å². The SMILES string of the molecule is CCNC(=O)[C@H](CC)N(Cc1cccc(C)c1)C(=O)CN(c1ccc(F)cc1)S(=O)(=O)c1ccc2c(c1)OCCO2. The first kappa shape index (κ1) is 29.9. The minimum Gasteiger partial charge on any atom is -0.486 e. The molecule has 0 radical (unpaired) electrons. The van der Waals surface area contributed by atoms with Gasteiger partial charge in [-0.25, -0.2) is 12.8 Å². The number of hydrogen-bond donors (Lipinski definition) is 1. The van der Waals surface area contributed by atoms with Crippen LogP contribution >= 0.6 is 0 Å². The third-order valence-corrected chi connectivity index (χ3v) is 8.44. The van der Waals surface area contributed by atoms with Crippen molar-refractivity contribution in [1.82, 2.24) is 10.2 Å². The van der Waals surface area contributed by atoms with E-state index < -0.39 is 34.3 Å². The minimum atomic E-state index is -4.34. The molecule has 1 aliphatic rings. The van der Waals surface area contributed by atoms with Crippen LogP contribution in [0.4, 0.5) is 10.1 Å². The van der Waals surface area contributed by atoms with E-state index in [-0.39, 0.29) is 35.4 Å². The average Bonchev–Trinajstić information content (AvgIpc) is 2.96. The van der Waals surface area contributed by atoms with Crippen LogP contribution in [0.5, 0.6) is 11.5 Å². The van der Waals surface area contributed by atoms with Gasteiger partial charge in [-0.3, -0.25) is 13.9 Å². The van der Waals surface area contributed by atoms with Crippen molar-refractivity contribution in [3.8, 4) is 11.5 Å². The number of amides is 2. The summed E-state index contributed by atoms with van der Waals surface area (Å²) >= 11 is 0. The number of hydrogen-bond acceptors (Lipinski definition) is 6. The second kappa shape index (κ2) is 13.0. The molecule has 218 valence electrons. The van der Waals surface area contributed by atoms with Crippen molar-refractivity contribution in [3.05, 3.63) is 83.7 Å². The van der Waals surface area contributed by atoms with Crippen molar-refractivity contribution in [2.75, 3.05) is 30.6 Å². The lowest BCUT2D eigenvalue weighted by Crippen LogP contribution is -2.52. The summed E-state index contributed by atoms with van der Waals surface area (Å²) in [5.41, 5.74) is 1.87. The molecule has 9 nitrogen and oxygen atoms in total. The van der Waals surface area contributed by atoms with E-state index in [9.17, 15) is 22.4 Å². The maximum atomic E-state index is 14.0. The summed E-state index contributed by atoms with van der Waals surface area (Å²) in [6.45, 7) is 5.96. The summed E-state index contributed by atoms with van der Waals surface area (Å²) in [5, 5.41) is 2.77. The molecule has 11 heteroatoms. The zero-order valence-electron chi connectivity index (χ0n) is 23.3. The van der Waals surface area contributed by atoms with Crippen molar-refractivity contribution in [2.24, 2.45) is 0 Å². The van der Waals surface area contributed by atoms with E-state index in [2.05, 4.69) is 5.32 Å². The Kier molecular flexibility index (Phi) is 9.49. The predicted molar refractivity (Wildman–Crippen MR) is 153 cm³/mol. The maximum Gasteiger partial charge on any atom is 0.264 e. The van der Waals surface area contributed by atoms with Gasteiger partial charge in [-0.15, -0.1) is 0 Å². The van der Waals surface area contributed by atoms with Gasteiger partial charge in [-0.05, 0) is 62.2 Å². The molecule has 0 unspecified atom stereocenters. The number of benzene rings is 3. The second-order valence-electron chi connectivity index (χ2n) is 9.62. The summed E-state index contributed by atoms with van der Waals surface area (Å²) in [6, 6.07) is 15.8. The number of fused-ring (bicyclic) bond motifs is 1. The first-order chi connectivity index (χ1) is 19.6. The molecular weight excluding hydrogens is 549 g/mol. The van der Waals surface area contributed by atoms with Crippen molar-refractivity contribution >= 4 is 27.5 Å². The average molecular weight is 584 g/mol. The van der Waals surface area contributed by atoms with E-state index in [4.69, 9.17) is 9.47 Å². The van der Waals surface area contributed by atoms with E-state index in [0.717, 1.165) is 27.6 Å². The lowest BCUT2D eigenvalue weighted by Gasteiger charge is -2.33. The topological polar surface area (TPSA) is 105 Å². The molecule has 1 heterocycles. The number of ether oxygens (including phenoxy) is 2. The Morgan fingerprint density at radius 1 is 0.976 bits per heavy atom. The zero-order valence-corrected chi connectivity index (χ0v) is 24.1. The lowest BCUT2D eigenvalue weighted by atomic mass is 10.1. The summed E-state index contributed by atoms with van der Waals surface area (Å²) in [5.74, 6) is -0.795. The highest BCUT2D eigenvalue weighted by atomic mass is 32.2. The van der Waals surface area contributed by atoms with E-state index in [1.807, 2.05) is 31.2 Å². The number of carbonyl (C=O) groups is 2. The van der Waals surface area contributed by atoms with Crippen molar-refractivity contribution in [3.63, 3.8) is 0 Å².